The molecule has 1 amide bonds. The lowest BCUT2D eigenvalue weighted by Gasteiger charge is -2.08. The SMILES string of the molecule is Cc1cc(NC(=O)Cn2c(=O)c3c(ncn3C)n(C)c2=O)n[nH]1. The zero-order valence-electron chi connectivity index (χ0n) is 12.8. The van der Waals surface area contributed by atoms with Crippen molar-refractivity contribution in [1.82, 2.24) is 28.9 Å². The molecule has 3 aromatic heterocycles. The highest BCUT2D eigenvalue weighted by atomic mass is 16.2. The van der Waals surface area contributed by atoms with Crippen LogP contribution in [0.5, 0.6) is 0 Å². The van der Waals surface area contributed by atoms with Crippen molar-refractivity contribution in [2.75, 3.05) is 5.32 Å². The summed E-state index contributed by atoms with van der Waals surface area (Å²) in [5, 5.41) is 9.09. The van der Waals surface area contributed by atoms with Crippen molar-refractivity contribution in [2.45, 2.75) is 13.5 Å². The molecule has 10 nitrogen and oxygen atoms in total. The molecule has 0 aromatic carbocycles. The molecule has 0 aliphatic carbocycles. The molecule has 0 unspecified atom stereocenters. The summed E-state index contributed by atoms with van der Waals surface area (Å²) >= 11 is 0. The zero-order valence-corrected chi connectivity index (χ0v) is 12.8. The van der Waals surface area contributed by atoms with Crippen molar-refractivity contribution < 1.29 is 4.79 Å². The van der Waals surface area contributed by atoms with Crippen LogP contribution < -0.4 is 16.6 Å². The Balaban J connectivity index is 2.00. The van der Waals surface area contributed by atoms with E-state index in [0.29, 0.717) is 5.82 Å². The van der Waals surface area contributed by atoms with Gasteiger partial charge in [0.05, 0.1) is 6.33 Å². The van der Waals surface area contributed by atoms with Gasteiger partial charge < -0.3 is 9.88 Å². The molecule has 0 fully saturated rings. The Bertz CT molecular complexity index is 1020. The van der Waals surface area contributed by atoms with E-state index in [-0.39, 0.29) is 11.2 Å². The second-order valence-corrected chi connectivity index (χ2v) is 5.24. The van der Waals surface area contributed by atoms with Crippen LogP contribution in [0.2, 0.25) is 0 Å². The van der Waals surface area contributed by atoms with Crippen LogP contribution in [0.1, 0.15) is 5.69 Å². The van der Waals surface area contributed by atoms with Gasteiger partial charge in [-0.2, -0.15) is 5.10 Å². The van der Waals surface area contributed by atoms with Gasteiger partial charge in [-0.15, -0.1) is 0 Å². The van der Waals surface area contributed by atoms with Crippen LogP contribution in [-0.2, 0) is 25.4 Å². The number of anilines is 1. The molecule has 23 heavy (non-hydrogen) atoms. The summed E-state index contributed by atoms with van der Waals surface area (Å²) in [4.78, 5) is 40.8. The lowest BCUT2D eigenvalue weighted by Crippen LogP contribution is -2.42. The van der Waals surface area contributed by atoms with E-state index in [0.717, 1.165) is 10.3 Å². The molecule has 3 heterocycles. The lowest BCUT2D eigenvalue weighted by molar-refractivity contribution is -0.116. The van der Waals surface area contributed by atoms with Crippen molar-refractivity contribution in [3.8, 4) is 0 Å². The molecule has 0 spiro atoms. The van der Waals surface area contributed by atoms with Crippen LogP contribution in [-0.4, -0.2) is 34.8 Å². The maximum Gasteiger partial charge on any atom is 0.332 e. The van der Waals surface area contributed by atoms with Crippen LogP contribution in [0.15, 0.2) is 22.0 Å². The van der Waals surface area contributed by atoms with E-state index in [1.165, 1.54) is 22.5 Å². The molecule has 0 bridgehead atoms. The van der Waals surface area contributed by atoms with Crippen LogP contribution in [0.25, 0.3) is 11.2 Å². The third-order valence-electron chi connectivity index (χ3n) is 3.48. The Morgan fingerprint density at radius 3 is 2.74 bits per heavy atom. The Hall–Kier alpha value is -3.17. The highest BCUT2D eigenvalue weighted by molar-refractivity contribution is 5.89. The summed E-state index contributed by atoms with van der Waals surface area (Å²) in [6, 6.07) is 1.64. The average molecular weight is 317 g/mol. The Morgan fingerprint density at radius 2 is 2.09 bits per heavy atom. The molecule has 0 atom stereocenters. The molecule has 0 radical (unpaired) electrons. The van der Waals surface area contributed by atoms with E-state index in [2.05, 4.69) is 20.5 Å². The van der Waals surface area contributed by atoms with E-state index >= 15 is 0 Å². The molecular formula is C13H15N7O3. The first kappa shape index (κ1) is 14.8. The summed E-state index contributed by atoms with van der Waals surface area (Å²) in [5.74, 6) is -0.184. The summed E-state index contributed by atoms with van der Waals surface area (Å²) in [6.07, 6.45) is 1.45. The molecule has 10 heteroatoms. The van der Waals surface area contributed by atoms with Gasteiger partial charge in [0, 0.05) is 25.9 Å². The normalized spacial score (nSPS) is 11.1. The maximum atomic E-state index is 12.5. The largest absolute Gasteiger partial charge is 0.332 e. The molecule has 0 saturated heterocycles. The van der Waals surface area contributed by atoms with Crippen molar-refractivity contribution >= 4 is 22.9 Å². The predicted octanol–water partition coefficient (Wildman–Crippen LogP) is -0.896. The molecular weight excluding hydrogens is 302 g/mol. The Morgan fingerprint density at radius 1 is 1.35 bits per heavy atom. The van der Waals surface area contributed by atoms with Crippen LogP contribution in [0.4, 0.5) is 5.82 Å². The van der Waals surface area contributed by atoms with Gasteiger partial charge >= 0.3 is 5.69 Å². The molecule has 2 N–H and O–H groups in total. The van der Waals surface area contributed by atoms with Crippen molar-refractivity contribution in [2.24, 2.45) is 14.1 Å². The highest BCUT2D eigenvalue weighted by Crippen LogP contribution is 2.05. The number of imidazole rings is 1. The summed E-state index contributed by atoms with van der Waals surface area (Å²) < 4.78 is 3.63. The average Bonchev–Trinajstić information content (AvgIpc) is 3.07. The first-order valence-electron chi connectivity index (χ1n) is 6.81. The fourth-order valence-corrected chi connectivity index (χ4v) is 2.34. The minimum absolute atomic E-state index is 0.260. The van der Waals surface area contributed by atoms with Crippen molar-refractivity contribution in [3.63, 3.8) is 0 Å². The number of H-pyrrole nitrogens is 1. The minimum atomic E-state index is -0.602. The first-order chi connectivity index (χ1) is 10.9. The Labute approximate surface area is 129 Å². The van der Waals surface area contributed by atoms with Gasteiger partial charge in [0.2, 0.25) is 5.91 Å². The van der Waals surface area contributed by atoms with Crippen LogP contribution >= 0.6 is 0 Å². The lowest BCUT2D eigenvalue weighted by atomic mass is 10.4. The van der Waals surface area contributed by atoms with E-state index in [1.54, 1.807) is 20.0 Å². The topological polar surface area (TPSA) is 120 Å². The minimum Gasteiger partial charge on any atom is -0.328 e. The van der Waals surface area contributed by atoms with Gasteiger partial charge in [0.15, 0.2) is 17.0 Å². The van der Waals surface area contributed by atoms with Gasteiger partial charge in [0.25, 0.3) is 5.56 Å². The molecule has 0 saturated carbocycles. The molecule has 120 valence electrons. The number of nitrogens with one attached hydrogen (secondary N) is 2. The van der Waals surface area contributed by atoms with Gasteiger partial charge in [-0.25, -0.2) is 14.3 Å². The Kier molecular flexibility index (Phi) is 3.36. The number of carbonyl (C=O) groups excluding carboxylic acids is 1. The standard InChI is InChI=1S/C13H15N7O3/c1-7-4-8(17-16-7)15-9(21)5-20-12(22)10-11(14-6-18(10)2)19(3)13(20)23/h4,6H,5H2,1-3H3,(H2,15,16,17,21). The smallest absolute Gasteiger partial charge is 0.328 e. The number of aromatic amines is 1. The summed E-state index contributed by atoms with van der Waals surface area (Å²) in [6.45, 7) is 1.39. The summed E-state index contributed by atoms with van der Waals surface area (Å²) in [7, 11) is 3.15. The molecule has 0 aliphatic rings. The van der Waals surface area contributed by atoms with Gasteiger partial charge in [0.1, 0.15) is 6.54 Å². The van der Waals surface area contributed by atoms with Gasteiger partial charge in [-0.05, 0) is 6.92 Å². The number of amides is 1. The second-order valence-electron chi connectivity index (χ2n) is 5.24. The molecule has 3 aromatic rings. The number of aryl methyl sites for hydroxylation is 3. The molecule has 0 aliphatic heterocycles. The van der Waals surface area contributed by atoms with Gasteiger partial charge in [-0.3, -0.25) is 19.3 Å². The third kappa shape index (κ3) is 2.43. The quantitative estimate of drug-likeness (QED) is 0.649. The fraction of sp³-hybridized carbons (Fsp3) is 0.308. The fourth-order valence-electron chi connectivity index (χ4n) is 2.34. The van der Waals surface area contributed by atoms with Crippen LogP contribution in [0, 0.1) is 6.92 Å². The van der Waals surface area contributed by atoms with Crippen LogP contribution in [0.3, 0.4) is 0 Å². The van der Waals surface area contributed by atoms with E-state index < -0.39 is 23.7 Å². The highest BCUT2D eigenvalue weighted by Gasteiger charge is 2.17. The predicted molar refractivity (Wildman–Crippen MR) is 82.2 cm³/mol. The number of nitrogens with zero attached hydrogens (tertiary/aromatic N) is 5. The zero-order chi connectivity index (χ0) is 16.7. The number of fused-ring (bicyclic) bond motifs is 1. The van der Waals surface area contributed by atoms with E-state index in [1.807, 2.05) is 0 Å². The van der Waals surface area contributed by atoms with Crippen molar-refractivity contribution in [3.05, 3.63) is 38.9 Å². The first-order valence-corrected chi connectivity index (χ1v) is 6.81. The van der Waals surface area contributed by atoms with E-state index in [4.69, 9.17) is 0 Å². The molecule has 3 rings (SSSR count). The maximum absolute atomic E-state index is 12.5. The van der Waals surface area contributed by atoms with Gasteiger partial charge in [-0.1, -0.05) is 0 Å². The number of rotatable bonds is 3. The number of hydrogen-bond donors (Lipinski definition) is 2. The van der Waals surface area contributed by atoms with Crippen molar-refractivity contribution in [1.29, 1.82) is 0 Å². The van der Waals surface area contributed by atoms with E-state index in [9.17, 15) is 14.4 Å². The second kappa shape index (κ2) is 5.23. The number of carbonyl (C=O) groups is 1. The third-order valence-corrected chi connectivity index (χ3v) is 3.48. The monoisotopic (exact) mass is 317 g/mol. The number of aromatic nitrogens is 6. The summed E-state index contributed by atoms with van der Waals surface area (Å²) in [5.41, 5.74) is 0.160. The number of hydrogen-bond acceptors (Lipinski definition) is 5.